The van der Waals surface area contributed by atoms with Crippen molar-refractivity contribution in [1.82, 2.24) is 10.2 Å². The van der Waals surface area contributed by atoms with E-state index in [1.54, 1.807) is 18.2 Å². The molecule has 26 heavy (non-hydrogen) atoms. The molecule has 3 rings (SSSR count). The first-order valence-electron chi connectivity index (χ1n) is 9.04. The smallest absolute Gasteiger partial charge is 0.255 e. The predicted octanol–water partition coefficient (Wildman–Crippen LogP) is 4.13. The van der Waals surface area contributed by atoms with Gasteiger partial charge in [0.1, 0.15) is 5.75 Å². The van der Waals surface area contributed by atoms with Crippen molar-refractivity contribution in [3.63, 3.8) is 0 Å². The van der Waals surface area contributed by atoms with Crippen LogP contribution in [-0.4, -0.2) is 36.0 Å². The van der Waals surface area contributed by atoms with Crippen LogP contribution in [0.25, 0.3) is 0 Å². The number of likely N-dealkylation sites (tertiary alicyclic amines) is 1. The number of amides is 1. The van der Waals surface area contributed by atoms with Gasteiger partial charge in [-0.2, -0.15) is 0 Å². The second-order valence-corrected chi connectivity index (χ2v) is 7.42. The lowest BCUT2D eigenvalue weighted by molar-refractivity contribution is 0.0932. The third-order valence-corrected chi connectivity index (χ3v) is 4.64. The number of halogens is 1. The van der Waals surface area contributed by atoms with Crippen molar-refractivity contribution in [3.8, 4) is 5.75 Å². The summed E-state index contributed by atoms with van der Waals surface area (Å²) in [6.07, 6.45) is 0.940. The van der Waals surface area contributed by atoms with Crippen molar-refractivity contribution in [2.45, 2.75) is 39.0 Å². The molecule has 0 aromatic heterocycles. The van der Waals surface area contributed by atoms with Gasteiger partial charge in [0.25, 0.3) is 5.91 Å². The Bertz CT molecular complexity index is 749. The van der Waals surface area contributed by atoms with Crippen molar-refractivity contribution in [1.29, 1.82) is 0 Å². The molecule has 2 aromatic carbocycles. The summed E-state index contributed by atoms with van der Waals surface area (Å²) in [5, 5.41) is 3.66. The third-order valence-electron chi connectivity index (χ3n) is 4.41. The van der Waals surface area contributed by atoms with E-state index in [0.717, 1.165) is 26.1 Å². The van der Waals surface area contributed by atoms with Gasteiger partial charge in [-0.1, -0.05) is 41.9 Å². The molecule has 1 unspecified atom stereocenters. The number of hydrogen-bond acceptors (Lipinski definition) is 3. The van der Waals surface area contributed by atoms with Crippen LogP contribution in [0.15, 0.2) is 48.5 Å². The number of ether oxygens (including phenoxy) is 1. The Labute approximate surface area is 160 Å². The molecule has 0 radical (unpaired) electrons. The van der Waals surface area contributed by atoms with E-state index in [0.29, 0.717) is 16.3 Å². The van der Waals surface area contributed by atoms with Gasteiger partial charge in [0.2, 0.25) is 0 Å². The first-order valence-corrected chi connectivity index (χ1v) is 9.42. The summed E-state index contributed by atoms with van der Waals surface area (Å²) < 4.78 is 5.76. The normalized spacial score (nSPS) is 17.5. The molecular weight excluding hydrogens is 348 g/mol. The van der Waals surface area contributed by atoms with Crippen LogP contribution in [0.3, 0.4) is 0 Å². The number of carbonyl (C=O) groups is 1. The first-order chi connectivity index (χ1) is 12.5. The molecule has 0 bridgehead atoms. The number of nitrogens with zero attached hydrogens (tertiary/aromatic N) is 1. The average molecular weight is 373 g/mol. The molecule has 1 amide bonds. The van der Waals surface area contributed by atoms with Crippen LogP contribution >= 0.6 is 11.6 Å². The standard InChI is InChI=1S/C21H25ClN2O2/c1-15(2)26-20-9-8-17(22)12-19(20)21(25)23-18-10-11-24(14-18)13-16-6-4-3-5-7-16/h3-9,12,15,18H,10-11,13-14H2,1-2H3,(H,23,25). The van der Waals surface area contributed by atoms with Crippen LogP contribution in [0.4, 0.5) is 0 Å². The molecule has 1 N–H and O–H groups in total. The lowest BCUT2D eigenvalue weighted by Crippen LogP contribution is -2.37. The van der Waals surface area contributed by atoms with Gasteiger partial charge in [0, 0.05) is 30.7 Å². The highest BCUT2D eigenvalue weighted by Gasteiger charge is 2.25. The molecule has 2 aromatic rings. The molecule has 0 saturated carbocycles. The fourth-order valence-electron chi connectivity index (χ4n) is 3.24. The summed E-state index contributed by atoms with van der Waals surface area (Å²) in [6.45, 7) is 6.61. The van der Waals surface area contributed by atoms with Crippen molar-refractivity contribution < 1.29 is 9.53 Å². The molecule has 5 heteroatoms. The SMILES string of the molecule is CC(C)Oc1ccc(Cl)cc1C(=O)NC1CCN(Cc2ccccc2)C1. The Hall–Kier alpha value is -2.04. The van der Waals surface area contributed by atoms with Crippen LogP contribution in [0.5, 0.6) is 5.75 Å². The zero-order valence-electron chi connectivity index (χ0n) is 15.2. The summed E-state index contributed by atoms with van der Waals surface area (Å²) in [5.74, 6) is 0.441. The summed E-state index contributed by atoms with van der Waals surface area (Å²) in [4.78, 5) is 15.1. The monoisotopic (exact) mass is 372 g/mol. The van der Waals surface area contributed by atoms with E-state index in [4.69, 9.17) is 16.3 Å². The molecule has 1 aliphatic rings. The van der Waals surface area contributed by atoms with Crippen LogP contribution in [0, 0.1) is 0 Å². The largest absolute Gasteiger partial charge is 0.490 e. The fourth-order valence-corrected chi connectivity index (χ4v) is 3.41. The van der Waals surface area contributed by atoms with Gasteiger partial charge in [-0.25, -0.2) is 0 Å². The van der Waals surface area contributed by atoms with Gasteiger partial charge in [0.05, 0.1) is 11.7 Å². The molecule has 1 aliphatic heterocycles. The highest BCUT2D eigenvalue weighted by atomic mass is 35.5. The van der Waals surface area contributed by atoms with Crippen LogP contribution in [0.2, 0.25) is 5.02 Å². The lowest BCUT2D eigenvalue weighted by Gasteiger charge is -2.18. The average Bonchev–Trinajstić information content (AvgIpc) is 3.03. The number of benzene rings is 2. The molecule has 1 fully saturated rings. The summed E-state index contributed by atoms with van der Waals surface area (Å²) >= 11 is 6.08. The van der Waals surface area contributed by atoms with E-state index in [9.17, 15) is 4.79 Å². The van der Waals surface area contributed by atoms with E-state index >= 15 is 0 Å². The zero-order valence-corrected chi connectivity index (χ0v) is 16.0. The van der Waals surface area contributed by atoms with Gasteiger partial charge in [0.15, 0.2) is 0 Å². The second-order valence-electron chi connectivity index (χ2n) is 6.99. The molecule has 1 atom stereocenters. The van der Waals surface area contributed by atoms with Crippen LogP contribution < -0.4 is 10.1 Å². The van der Waals surface area contributed by atoms with Gasteiger partial charge >= 0.3 is 0 Å². The first kappa shape index (κ1) is 18.7. The maximum absolute atomic E-state index is 12.8. The topological polar surface area (TPSA) is 41.6 Å². The minimum atomic E-state index is -0.130. The van der Waals surface area contributed by atoms with E-state index in [-0.39, 0.29) is 18.1 Å². The maximum atomic E-state index is 12.8. The molecule has 4 nitrogen and oxygen atoms in total. The maximum Gasteiger partial charge on any atom is 0.255 e. The van der Waals surface area contributed by atoms with E-state index in [1.165, 1.54) is 5.56 Å². The Morgan fingerprint density at radius 3 is 2.77 bits per heavy atom. The Balaban J connectivity index is 1.61. The predicted molar refractivity (Wildman–Crippen MR) is 105 cm³/mol. The fraction of sp³-hybridized carbons (Fsp3) is 0.381. The van der Waals surface area contributed by atoms with Crippen molar-refractivity contribution in [2.24, 2.45) is 0 Å². The Morgan fingerprint density at radius 2 is 2.04 bits per heavy atom. The summed E-state index contributed by atoms with van der Waals surface area (Å²) in [5.41, 5.74) is 1.79. The molecule has 0 spiro atoms. The van der Waals surface area contributed by atoms with E-state index in [2.05, 4.69) is 34.5 Å². The van der Waals surface area contributed by atoms with E-state index in [1.807, 2.05) is 19.9 Å². The molecule has 1 heterocycles. The summed E-state index contributed by atoms with van der Waals surface area (Å²) in [7, 11) is 0. The molecule has 138 valence electrons. The van der Waals surface area contributed by atoms with E-state index < -0.39 is 0 Å². The van der Waals surface area contributed by atoms with Crippen molar-refractivity contribution in [2.75, 3.05) is 13.1 Å². The highest BCUT2D eigenvalue weighted by Crippen LogP contribution is 2.24. The third kappa shape index (κ3) is 4.99. The quantitative estimate of drug-likeness (QED) is 0.828. The Kier molecular flexibility index (Phi) is 6.17. The van der Waals surface area contributed by atoms with Gasteiger partial charge < -0.3 is 10.1 Å². The van der Waals surface area contributed by atoms with Gasteiger partial charge in [-0.05, 0) is 44.0 Å². The molecular formula is C21H25ClN2O2. The minimum absolute atomic E-state index is 0.00410. The minimum Gasteiger partial charge on any atom is -0.490 e. The van der Waals surface area contributed by atoms with Crippen molar-refractivity contribution >= 4 is 17.5 Å². The van der Waals surface area contributed by atoms with Crippen molar-refractivity contribution in [3.05, 3.63) is 64.7 Å². The van der Waals surface area contributed by atoms with Crippen LogP contribution in [0.1, 0.15) is 36.2 Å². The number of rotatable bonds is 6. The van der Waals surface area contributed by atoms with Gasteiger partial charge in [-0.15, -0.1) is 0 Å². The zero-order chi connectivity index (χ0) is 18.5. The van der Waals surface area contributed by atoms with Gasteiger partial charge in [-0.3, -0.25) is 9.69 Å². The number of nitrogens with one attached hydrogen (secondary N) is 1. The van der Waals surface area contributed by atoms with Crippen LogP contribution in [-0.2, 0) is 6.54 Å². The molecule has 0 aliphatic carbocycles. The molecule has 1 saturated heterocycles. The number of carbonyl (C=O) groups excluding carboxylic acids is 1. The summed E-state index contributed by atoms with van der Waals surface area (Å²) in [6, 6.07) is 15.7. The lowest BCUT2D eigenvalue weighted by atomic mass is 10.1. The highest BCUT2D eigenvalue weighted by molar-refractivity contribution is 6.31. The Morgan fingerprint density at radius 1 is 1.27 bits per heavy atom. The number of hydrogen-bond donors (Lipinski definition) is 1. The second kappa shape index (κ2) is 8.56.